The summed E-state index contributed by atoms with van der Waals surface area (Å²) < 4.78 is 18.0. The van der Waals surface area contributed by atoms with Crippen molar-refractivity contribution in [2.24, 2.45) is 0 Å². The SMILES string of the molecule is CCSc1nnc2c(n1)O[C@H](c1ccc(OC)c(OC)c1)N(C(C)=O)c1ccc(Br)cc1-2. The van der Waals surface area contributed by atoms with E-state index in [1.165, 1.54) is 18.7 Å². The molecule has 0 unspecified atom stereocenters. The van der Waals surface area contributed by atoms with Crippen molar-refractivity contribution in [2.75, 3.05) is 24.9 Å². The highest BCUT2D eigenvalue weighted by atomic mass is 79.9. The molecule has 0 saturated heterocycles. The van der Waals surface area contributed by atoms with Crippen LogP contribution in [0.25, 0.3) is 11.3 Å². The Morgan fingerprint density at radius 3 is 2.62 bits per heavy atom. The van der Waals surface area contributed by atoms with Crippen molar-refractivity contribution in [3.63, 3.8) is 0 Å². The van der Waals surface area contributed by atoms with Gasteiger partial charge in [-0.2, -0.15) is 4.98 Å². The summed E-state index contributed by atoms with van der Waals surface area (Å²) in [4.78, 5) is 19.1. The van der Waals surface area contributed by atoms with Gasteiger partial charge in [-0.25, -0.2) is 0 Å². The number of hydrogen-bond acceptors (Lipinski definition) is 8. The van der Waals surface area contributed by atoms with Crippen molar-refractivity contribution in [1.82, 2.24) is 15.2 Å². The van der Waals surface area contributed by atoms with E-state index < -0.39 is 6.23 Å². The monoisotopic (exact) mass is 516 g/mol. The molecule has 1 aromatic heterocycles. The summed E-state index contributed by atoms with van der Waals surface area (Å²) >= 11 is 4.97. The minimum atomic E-state index is -0.801. The Balaban J connectivity index is 1.95. The highest BCUT2D eigenvalue weighted by Gasteiger charge is 2.35. The van der Waals surface area contributed by atoms with E-state index in [4.69, 9.17) is 14.2 Å². The first kappa shape index (κ1) is 22.3. The van der Waals surface area contributed by atoms with Crippen LogP contribution in [-0.4, -0.2) is 41.1 Å². The molecule has 0 saturated carbocycles. The Hall–Kier alpha value is -2.85. The molecule has 166 valence electrons. The second-order valence-corrected chi connectivity index (χ2v) is 8.96. The Labute approximate surface area is 198 Å². The van der Waals surface area contributed by atoms with Crippen LogP contribution < -0.4 is 19.1 Å². The van der Waals surface area contributed by atoms with Gasteiger partial charge in [-0.1, -0.05) is 34.6 Å². The highest BCUT2D eigenvalue weighted by Crippen LogP contribution is 2.45. The lowest BCUT2D eigenvalue weighted by atomic mass is 10.1. The van der Waals surface area contributed by atoms with Crippen molar-refractivity contribution < 1.29 is 19.0 Å². The summed E-state index contributed by atoms with van der Waals surface area (Å²) in [6.45, 7) is 3.51. The second kappa shape index (κ2) is 9.33. The van der Waals surface area contributed by atoms with Crippen LogP contribution in [0.4, 0.5) is 5.69 Å². The maximum Gasteiger partial charge on any atom is 0.247 e. The first-order valence-electron chi connectivity index (χ1n) is 9.82. The van der Waals surface area contributed by atoms with Gasteiger partial charge in [0.25, 0.3) is 0 Å². The minimum Gasteiger partial charge on any atom is -0.493 e. The molecule has 0 fully saturated rings. The minimum absolute atomic E-state index is 0.197. The van der Waals surface area contributed by atoms with Gasteiger partial charge in [0, 0.05) is 22.5 Å². The van der Waals surface area contributed by atoms with Crippen molar-refractivity contribution in [3.8, 4) is 28.6 Å². The number of fused-ring (bicyclic) bond motifs is 3. The molecule has 0 spiro atoms. The molecule has 0 N–H and O–H groups in total. The smallest absolute Gasteiger partial charge is 0.247 e. The van der Waals surface area contributed by atoms with Gasteiger partial charge in [-0.3, -0.25) is 9.69 Å². The molecule has 1 aliphatic heterocycles. The number of amides is 1. The molecular formula is C22H21BrN4O4S. The van der Waals surface area contributed by atoms with Crippen LogP contribution in [0, 0.1) is 0 Å². The molecule has 2 heterocycles. The van der Waals surface area contributed by atoms with Crippen molar-refractivity contribution in [1.29, 1.82) is 0 Å². The summed E-state index contributed by atoms with van der Waals surface area (Å²) in [5, 5.41) is 9.14. The Morgan fingerprint density at radius 2 is 1.94 bits per heavy atom. The first-order valence-corrected chi connectivity index (χ1v) is 11.6. The van der Waals surface area contributed by atoms with E-state index in [9.17, 15) is 4.79 Å². The van der Waals surface area contributed by atoms with Gasteiger partial charge in [0.1, 0.15) is 0 Å². The number of thioether (sulfide) groups is 1. The number of rotatable bonds is 5. The van der Waals surface area contributed by atoms with E-state index >= 15 is 0 Å². The standard InChI is InChI=1S/C22H21BrN4O4S/c1-5-32-22-24-20-19(25-26-22)15-11-14(23)7-8-16(15)27(12(2)28)21(31-20)13-6-9-17(29-3)18(10-13)30-4/h6-11,21H,5H2,1-4H3/t21-/m1/s1. The number of benzene rings is 2. The summed E-state index contributed by atoms with van der Waals surface area (Å²) in [7, 11) is 3.13. The number of hydrogen-bond donors (Lipinski definition) is 0. The molecule has 3 aromatic rings. The van der Waals surface area contributed by atoms with Crippen molar-refractivity contribution in [2.45, 2.75) is 25.2 Å². The topological polar surface area (TPSA) is 86.7 Å². The molecule has 0 bridgehead atoms. The molecule has 10 heteroatoms. The van der Waals surface area contributed by atoms with Crippen LogP contribution in [0.15, 0.2) is 46.0 Å². The van der Waals surface area contributed by atoms with Crippen LogP contribution in [0.1, 0.15) is 25.6 Å². The van der Waals surface area contributed by atoms with E-state index in [2.05, 4.69) is 31.1 Å². The van der Waals surface area contributed by atoms with E-state index in [0.29, 0.717) is 45.0 Å². The van der Waals surface area contributed by atoms with Gasteiger partial charge >= 0.3 is 0 Å². The van der Waals surface area contributed by atoms with Gasteiger partial charge < -0.3 is 14.2 Å². The number of methoxy groups -OCH3 is 2. The molecule has 1 aliphatic rings. The fraction of sp³-hybridized carbons (Fsp3) is 0.273. The van der Waals surface area contributed by atoms with Gasteiger partial charge in [-0.15, -0.1) is 10.2 Å². The molecule has 1 atom stereocenters. The Kier molecular flexibility index (Phi) is 6.52. The fourth-order valence-electron chi connectivity index (χ4n) is 3.49. The molecule has 32 heavy (non-hydrogen) atoms. The third-order valence-electron chi connectivity index (χ3n) is 4.87. The van der Waals surface area contributed by atoms with Gasteiger partial charge in [-0.05, 0) is 42.2 Å². The van der Waals surface area contributed by atoms with E-state index in [1.807, 2.05) is 31.2 Å². The summed E-state index contributed by atoms with van der Waals surface area (Å²) in [5.74, 6) is 2.01. The molecular weight excluding hydrogens is 496 g/mol. The fourth-order valence-corrected chi connectivity index (χ4v) is 4.36. The summed E-state index contributed by atoms with van der Waals surface area (Å²) in [5.41, 5.74) is 2.51. The highest BCUT2D eigenvalue weighted by molar-refractivity contribution is 9.10. The largest absolute Gasteiger partial charge is 0.493 e. The van der Waals surface area contributed by atoms with Crippen LogP contribution in [0.5, 0.6) is 17.4 Å². The molecule has 8 nitrogen and oxygen atoms in total. The lowest BCUT2D eigenvalue weighted by Gasteiger charge is -2.30. The number of nitrogens with zero attached hydrogens (tertiary/aromatic N) is 4. The normalized spacial score (nSPS) is 14.7. The number of halogens is 1. The zero-order chi connectivity index (χ0) is 22.8. The zero-order valence-electron chi connectivity index (χ0n) is 18.0. The van der Waals surface area contributed by atoms with E-state index in [-0.39, 0.29) is 5.91 Å². The summed E-state index contributed by atoms with van der Waals surface area (Å²) in [6.07, 6.45) is -0.801. The molecule has 4 rings (SSSR count). The lowest BCUT2D eigenvalue weighted by Crippen LogP contribution is -2.36. The molecule has 0 aliphatic carbocycles. The van der Waals surface area contributed by atoms with Gasteiger partial charge in [0.15, 0.2) is 17.2 Å². The second-order valence-electron chi connectivity index (χ2n) is 6.82. The third kappa shape index (κ3) is 4.12. The maximum absolute atomic E-state index is 12.9. The quantitative estimate of drug-likeness (QED) is 0.443. The van der Waals surface area contributed by atoms with Crippen LogP contribution in [0.3, 0.4) is 0 Å². The summed E-state index contributed by atoms with van der Waals surface area (Å²) in [6, 6.07) is 11.0. The van der Waals surface area contributed by atoms with Gasteiger partial charge in [0.05, 0.1) is 19.9 Å². The first-order chi connectivity index (χ1) is 15.5. The number of ether oxygens (including phenoxy) is 3. The zero-order valence-corrected chi connectivity index (χ0v) is 20.4. The van der Waals surface area contributed by atoms with Crippen molar-refractivity contribution in [3.05, 3.63) is 46.4 Å². The number of carbonyl (C=O) groups excluding carboxylic acids is 1. The van der Waals surface area contributed by atoms with E-state index in [1.54, 1.807) is 31.3 Å². The number of carbonyl (C=O) groups is 1. The maximum atomic E-state index is 12.9. The van der Waals surface area contributed by atoms with Crippen LogP contribution >= 0.6 is 27.7 Å². The predicted octanol–water partition coefficient (Wildman–Crippen LogP) is 4.87. The average molecular weight is 517 g/mol. The van der Waals surface area contributed by atoms with E-state index in [0.717, 1.165) is 10.2 Å². The average Bonchev–Trinajstić information content (AvgIpc) is 2.92. The predicted molar refractivity (Wildman–Crippen MR) is 125 cm³/mol. The van der Waals surface area contributed by atoms with Crippen molar-refractivity contribution >= 4 is 39.3 Å². The third-order valence-corrected chi connectivity index (χ3v) is 6.08. The van der Waals surface area contributed by atoms with Gasteiger partial charge in [0.2, 0.25) is 23.2 Å². The number of anilines is 1. The Bertz CT molecular complexity index is 1180. The molecule has 1 amide bonds. The van der Waals surface area contributed by atoms with Crippen LogP contribution in [0.2, 0.25) is 0 Å². The molecule has 0 radical (unpaired) electrons. The number of aromatic nitrogens is 3. The molecule has 2 aromatic carbocycles. The lowest BCUT2D eigenvalue weighted by molar-refractivity contribution is -0.118. The van der Waals surface area contributed by atoms with Crippen LogP contribution in [-0.2, 0) is 4.79 Å². The Morgan fingerprint density at radius 1 is 1.16 bits per heavy atom.